The molecule has 1 heterocycles. The Kier molecular flexibility index (Phi) is 2.82. The molecule has 0 spiro atoms. The molecule has 0 aliphatic carbocycles. The van der Waals surface area contributed by atoms with Crippen molar-refractivity contribution in [3.8, 4) is 0 Å². The van der Waals surface area contributed by atoms with Gasteiger partial charge in [-0.05, 0) is 12.8 Å². The molecule has 2 nitrogen and oxygen atoms in total. The fourth-order valence-corrected chi connectivity index (χ4v) is 2.29. The van der Waals surface area contributed by atoms with Crippen LogP contribution in [0.5, 0.6) is 0 Å². The fourth-order valence-electron chi connectivity index (χ4n) is 1.03. The van der Waals surface area contributed by atoms with Gasteiger partial charge < -0.3 is 10.2 Å². The first kappa shape index (κ1) is 7.38. The smallest absolute Gasteiger partial charge is 0.0641 e. The first-order chi connectivity index (χ1) is 4.33. The molecule has 0 saturated carbocycles. The quantitative estimate of drug-likeness (QED) is 0.589. The second-order valence-electron chi connectivity index (χ2n) is 2.36. The maximum Gasteiger partial charge on any atom is 0.0641 e. The number of aliphatic hydroxyl groups is 2. The molecule has 1 fully saturated rings. The first-order valence-corrected chi connectivity index (χ1v) is 4.28. The van der Waals surface area contributed by atoms with E-state index in [2.05, 4.69) is 0 Å². The second kappa shape index (κ2) is 3.44. The van der Waals surface area contributed by atoms with Gasteiger partial charge >= 0.3 is 0 Å². The minimum atomic E-state index is -0.119. The molecule has 0 aromatic rings. The van der Waals surface area contributed by atoms with E-state index in [0.29, 0.717) is 5.25 Å². The zero-order chi connectivity index (χ0) is 6.69. The summed E-state index contributed by atoms with van der Waals surface area (Å²) in [5.41, 5.74) is 0. The van der Waals surface area contributed by atoms with Crippen molar-refractivity contribution < 1.29 is 10.2 Å². The molecule has 1 aliphatic heterocycles. The summed E-state index contributed by atoms with van der Waals surface area (Å²) in [4.78, 5) is 0. The molecule has 2 atom stereocenters. The van der Waals surface area contributed by atoms with E-state index in [4.69, 9.17) is 10.2 Å². The van der Waals surface area contributed by atoms with Crippen molar-refractivity contribution in [3.05, 3.63) is 0 Å². The van der Waals surface area contributed by atoms with Crippen LogP contribution >= 0.6 is 11.8 Å². The van der Waals surface area contributed by atoms with E-state index < -0.39 is 0 Å². The van der Waals surface area contributed by atoms with Gasteiger partial charge in [-0.1, -0.05) is 0 Å². The zero-order valence-corrected chi connectivity index (χ0v) is 6.10. The van der Waals surface area contributed by atoms with Crippen LogP contribution in [0.2, 0.25) is 0 Å². The Morgan fingerprint density at radius 3 is 2.78 bits per heavy atom. The van der Waals surface area contributed by atoms with Crippen molar-refractivity contribution in [1.29, 1.82) is 0 Å². The van der Waals surface area contributed by atoms with Gasteiger partial charge in [-0.3, -0.25) is 0 Å². The number of rotatable bonds is 2. The Hall–Kier alpha value is 0.270. The summed E-state index contributed by atoms with van der Waals surface area (Å²) in [7, 11) is 0. The van der Waals surface area contributed by atoms with Crippen LogP contribution in [0.1, 0.15) is 12.8 Å². The summed E-state index contributed by atoms with van der Waals surface area (Å²) < 4.78 is 0. The van der Waals surface area contributed by atoms with Crippen molar-refractivity contribution in [3.63, 3.8) is 0 Å². The van der Waals surface area contributed by atoms with Crippen LogP contribution in [0.4, 0.5) is 0 Å². The fraction of sp³-hybridized carbons (Fsp3) is 1.00. The maximum atomic E-state index is 9.02. The van der Waals surface area contributed by atoms with Crippen LogP contribution in [0.25, 0.3) is 0 Å². The van der Waals surface area contributed by atoms with Crippen LogP contribution < -0.4 is 0 Å². The largest absolute Gasteiger partial charge is 0.396 e. The molecular weight excluding hydrogens is 136 g/mol. The van der Waals surface area contributed by atoms with E-state index in [1.54, 1.807) is 11.8 Å². The summed E-state index contributed by atoms with van der Waals surface area (Å²) in [5, 5.41) is 18.0. The SMILES string of the molecule is OCCC1C[C@H](O)CS1. The lowest BCUT2D eigenvalue weighted by atomic mass is 10.2. The zero-order valence-electron chi connectivity index (χ0n) is 5.29. The van der Waals surface area contributed by atoms with Gasteiger partial charge in [-0.15, -0.1) is 0 Å². The Balaban J connectivity index is 2.14. The lowest BCUT2D eigenvalue weighted by Gasteiger charge is -2.03. The number of hydrogen-bond donors (Lipinski definition) is 2. The molecule has 0 amide bonds. The minimum absolute atomic E-state index is 0.119. The third-order valence-corrected chi connectivity index (χ3v) is 2.99. The van der Waals surface area contributed by atoms with Crippen LogP contribution in [-0.4, -0.2) is 33.9 Å². The molecule has 1 aliphatic rings. The highest BCUT2D eigenvalue weighted by atomic mass is 32.2. The molecular formula is C6H12O2S. The number of hydrogen-bond acceptors (Lipinski definition) is 3. The molecule has 1 unspecified atom stereocenters. The summed E-state index contributed by atoms with van der Waals surface area (Å²) in [6.07, 6.45) is 1.58. The summed E-state index contributed by atoms with van der Waals surface area (Å²) in [6.45, 7) is 0.254. The molecule has 0 aromatic carbocycles. The summed E-state index contributed by atoms with van der Waals surface area (Å²) >= 11 is 1.77. The normalized spacial score (nSPS) is 35.3. The topological polar surface area (TPSA) is 40.5 Å². The predicted molar refractivity (Wildman–Crippen MR) is 38.6 cm³/mol. The van der Waals surface area contributed by atoms with Gasteiger partial charge in [0.25, 0.3) is 0 Å². The summed E-state index contributed by atoms with van der Waals surface area (Å²) in [6, 6.07) is 0. The van der Waals surface area contributed by atoms with Crippen molar-refractivity contribution in [2.24, 2.45) is 0 Å². The number of thioether (sulfide) groups is 1. The lowest BCUT2D eigenvalue weighted by molar-refractivity contribution is 0.191. The van der Waals surface area contributed by atoms with E-state index in [1.807, 2.05) is 0 Å². The monoisotopic (exact) mass is 148 g/mol. The van der Waals surface area contributed by atoms with Crippen molar-refractivity contribution >= 4 is 11.8 Å². The molecule has 54 valence electrons. The van der Waals surface area contributed by atoms with Gasteiger partial charge in [0.1, 0.15) is 0 Å². The molecule has 0 aromatic heterocycles. The van der Waals surface area contributed by atoms with E-state index in [1.165, 1.54) is 0 Å². The highest BCUT2D eigenvalue weighted by Gasteiger charge is 2.22. The van der Waals surface area contributed by atoms with Crippen molar-refractivity contribution in [2.75, 3.05) is 12.4 Å². The van der Waals surface area contributed by atoms with Crippen molar-refractivity contribution in [2.45, 2.75) is 24.2 Å². The lowest BCUT2D eigenvalue weighted by Crippen LogP contribution is -2.06. The van der Waals surface area contributed by atoms with Gasteiger partial charge in [0, 0.05) is 17.6 Å². The van der Waals surface area contributed by atoms with E-state index in [0.717, 1.165) is 18.6 Å². The molecule has 0 bridgehead atoms. The van der Waals surface area contributed by atoms with Crippen molar-refractivity contribution in [1.82, 2.24) is 0 Å². The third kappa shape index (κ3) is 2.16. The van der Waals surface area contributed by atoms with Crippen LogP contribution in [0, 0.1) is 0 Å². The highest BCUT2D eigenvalue weighted by Crippen LogP contribution is 2.28. The van der Waals surface area contributed by atoms with Crippen LogP contribution in [-0.2, 0) is 0 Å². The molecule has 3 heteroatoms. The standard InChI is InChI=1S/C6H12O2S/c7-2-1-6-3-5(8)4-9-6/h5-8H,1-4H2/t5-,6?/m0/s1. The van der Waals surface area contributed by atoms with Gasteiger partial charge in [-0.2, -0.15) is 11.8 Å². The third-order valence-electron chi connectivity index (χ3n) is 1.51. The predicted octanol–water partition coefficient (Wildman–Crippen LogP) is 0.235. The Morgan fingerprint density at radius 2 is 2.33 bits per heavy atom. The van der Waals surface area contributed by atoms with Gasteiger partial charge in [0.15, 0.2) is 0 Å². The summed E-state index contributed by atoms with van der Waals surface area (Å²) in [5.74, 6) is 0.852. The Labute approximate surface area is 59.3 Å². The van der Waals surface area contributed by atoms with Gasteiger partial charge in [0.05, 0.1) is 6.10 Å². The Morgan fingerprint density at radius 1 is 1.56 bits per heavy atom. The van der Waals surface area contributed by atoms with Gasteiger partial charge in [-0.25, -0.2) is 0 Å². The average molecular weight is 148 g/mol. The number of aliphatic hydroxyl groups excluding tert-OH is 2. The molecule has 2 N–H and O–H groups in total. The molecule has 1 rings (SSSR count). The minimum Gasteiger partial charge on any atom is -0.396 e. The van der Waals surface area contributed by atoms with Crippen LogP contribution in [0.15, 0.2) is 0 Å². The molecule has 0 radical (unpaired) electrons. The average Bonchev–Trinajstić information content (AvgIpc) is 2.17. The van der Waals surface area contributed by atoms with E-state index >= 15 is 0 Å². The highest BCUT2D eigenvalue weighted by molar-refractivity contribution is 8.00. The van der Waals surface area contributed by atoms with Gasteiger partial charge in [0.2, 0.25) is 0 Å². The van der Waals surface area contributed by atoms with Crippen LogP contribution in [0.3, 0.4) is 0 Å². The Bertz CT molecular complexity index is 85.1. The maximum absolute atomic E-state index is 9.02. The van der Waals surface area contributed by atoms with E-state index in [9.17, 15) is 0 Å². The molecule has 9 heavy (non-hydrogen) atoms. The second-order valence-corrected chi connectivity index (χ2v) is 3.69. The van der Waals surface area contributed by atoms with E-state index in [-0.39, 0.29) is 12.7 Å². The first-order valence-electron chi connectivity index (χ1n) is 3.23. The molecule has 1 saturated heterocycles.